The maximum absolute atomic E-state index is 11.0. The molecule has 0 saturated carbocycles. The SMILES string of the molecule is CC(C)(C)c1cc(=O)c(O)co1. The Hall–Kier alpha value is -1.25. The van der Waals surface area contributed by atoms with Gasteiger partial charge in [0.25, 0.3) is 0 Å². The first-order valence-corrected chi connectivity index (χ1v) is 3.73. The van der Waals surface area contributed by atoms with Crippen molar-refractivity contribution in [1.29, 1.82) is 0 Å². The number of hydrogen-bond donors (Lipinski definition) is 1. The van der Waals surface area contributed by atoms with Crippen molar-refractivity contribution in [3.8, 4) is 5.75 Å². The van der Waals surface area contributed by atoms with Crippen LogP contribution in [0.25, 0.3) is 0 Å². The third kappa shape index (κ3) is 1.67. The van der Waals surface area contributed by atoms with Crippen LogP contribution < -0.4 is 5.43 Å². The predicted octanol–water partition coefficient (Wildman–Crippen LogP) is 1.64. The number of rotatable bonds is 0. The third-order valence-corrected chi connectivity index (χ3v) is 1.55. The van der Waals surface area contributed by atoms with Crippen LogP contribution in [0.15, 0.2) is 21.5 Å². The third-order valence-electron chi connectivity index (χ3n) is 1.55. The molecule has 3 heteroatoms. The van der Waals surface area contributed by atoms with E-state index in [-0.39, 0.29) is 11.2 Å². The molecule has 0 unspecified atom stereocenters. The molecule has 0 amide bonds. The van der Waals surface area contributed by atoms with Gasteiger partial charge in [0.05, 0.1) is 0 Å². The van der Waals surface area contributed by atoms with Crippen molar-refractivity contribution in [2.45, 2.75) is 26.2 Å². The molecule has 0 saturated heterocycles. The van der Waals surface area contributed by atoms with Gasteiger partial charge in [0.1, 0.15) is 12.0 Å². The summed E-state index contributed by atoms with van der Waals surface area (Å²) in [6, 6.07) is 1.31. The molecule has 1 rings (SSSR count). The van der Waals surface area contributed by atoms with Gasteiger partial charge < -0.3 is 9.52 Å². The minimum absolute atomic E-state index is 0.202. The van der Waals surface area contributed by atoms with Gasteiger partial charge in [-0.1, -0.05) is 20.8 Å². The molecule has 0 atom stereocenters. The maximum Gasteiger partial charge on any atom is 0.226 e. The van der Waals surface area contributed by atoms with E-state index in [1.165, 1.54) is 6.07 Å². The zero-order valence-electron chi connectivity index (χ0n) is 7.42. The van der Waals surface area contributed by atoms with Crippen molar-refractivity contribution in [1.82, 2.24) is 0 Å². The Morgan fingerprint density at radius 3 is 2.42 bits per heavy atom. The maximum atomic E-state index is 11.0. The fourth-order valence-electron chi connectivity index (χ4n) is 0.798. The Morgan fingerprint density at radius 1 is 1.42 bits per heavy atom. The van der Waals surface area contributed by atoms with Crippen molar-refractivity contribution in [3.05, 3.63) is 28.3 Å². The highest BCUT2D eigenvalue weighted by Gasteiger charge is 2.17. The van der Waals surface area contributed by atoms with E-state index in [2.05, 4.69) is 0 Å². The Balaban J connectivity index is 3.23. The fraction of sp³-hybridized carbons (Fsp3) is 0.444. The molecule has 0 aromatic carbocycles. The lowest BCUT2D eigenvalue weighted by atomic mass is 9.93. The lowest BCUT2D eigenvalue weighted by Gasteiger charge is -2.15. The molecule has 66 valence electrons. The van der Waals surface area contributed by atoms with Crippen LogP contribution >= 0.6 is 0 Å². The summed E-state index contributed by atoms with van der Waals surface area (Å²) in [7, 11) is 0. The normalized spacial score (nSPS) is 11.6. The second-order valence-corrected chi connectivity index (χ2v) is 3.74. The molecule has 0 aliphatic rings. The quantitative estimate of drug-likeness (QED) is 0.640. The monoisotopic (exact) mass is 168 g/mol. The molecule has 0 spiro atoms. The summed E-state index contributed by atoms with van der Waals surface area (Å²) < 4.78 is 5.05. The first kappa shape index (κ1) is 8.84. The van der Waals surface area contributed by atoms with Crippen molar-refractivity contribution in [2.75, 3.05) is 0 Å². The number of aromatic hydroxyl groups is 1. The van der Waals surface area contributed by atoms with Crippen molar-refractivity contribution in [3.63, 3.8) is 0 Å². The lowest BCUT2D eigenvalue weighted by Crippen LogP contribution is -2.14. The largest absolute Gasteiger partial charge is 0.502 e. The van der Waals surface area contributed by atoms with E-state index in [9.17, 15) is 4.79 Å². The van der Waals surface area contributed by atoms with Crippen LogP contribution in [0.4, 0.5) is 0 Å². The van der Waals surface area contributed by atoms with Gasteiger partial charge in [0, 0.05) is 11.5 Å². The van der Waals surface area contributed by atoms with Crippen LogP contribution in [0.2, 0.25) is 0 Å². The highest BCUT2D eigenvalue weighted by atomic mass is 16.4. The fourth-order valence-corrected chi connectivity index (χ4v) is 0.798. The zero-order chi connectivity index (χ0) is 9.35. The molecule has 12 heavy (non-hydrogen) atoms. The van der Waals surface area contributed by atoms with Crippen LogP contribution in [0.3, 0.4) is 0 Å². The number of hydrogen-bond acceptors (Lipinski definition) is 3. The van der Waals surface area contributed by atoms with E-state index in [1.807, 2.05) is 20.8 Å². The van der Waals surface area contributed by atoms with Gasteiger partial charge >= 0.3 is 0 Å². The van der Waals surface area contributed by atoms with Gasteiger partial charge in [-0.3, -0.25) is 4.79 Å². The predicted molar refractivity (Wildman–Crippen MR) is 45.3 cm³/mol. The standard InChI is InChI=1S/C9H12O3/c1-9(2,3)8-4-6(10)7(11)5-12-8/h4-5,11H,1-3H3. The molecule has 0 bridgehead atoms. The Kier molecular flexibility index (Phi) is 1.96. The van der Waals surface area contributed by atoms with Crippen LogP contribution in [-0.2, 0) is 5.41 Å². The molecule has 0 aliphatic carbocycles. The topological polar surface area (TPSA) is 50.4 Å². The van der Waals surface area contributed by atoms with E-state index < -0.39 is 5.43 Å². The van der Waals surface area contributed by atoms with Crippen LogP contribution in [0.1, 0.15) is 26.5 Å². The molecule has 0 radical (unpaired) electrons. The van der Waals surface area contributed by atoms with E-state index in [1.54, 1.807) is 0 Å². The van der Waals surface area contributed by atoms with Crippen molar-refractivity contribution in [2.24, 2.45) is 0 Å². The van der Waals surface area contributed by atoms with Gasteiger partial charge in [0.15, 0.2) is 5.75 Å². The van der Waals surface area contributed by atoms with E-state index in [0.717, 1.165) is 6.26 Å². The molecule has 1 N–H and O–H groups in total. The Bertz CT molecular complexity index is 330. The molecule has 1 aromatic rings. The van der Waals surface area contributed by atoms with Gasteiger partial charge in [-0.25, -0.2) is 0 Å². The molecular formula is C9H12O3. The second kappa shape index (κ2) is 2.66. The summed E-state index contributed by atoms with van der Waals surface area (Å²) in [5, 5.41) is 8.90. The van der Waals surface area contributed by atoms with Crippen molar-refractivity contribution >= 4 is 0 Å². The van der Waals surface area contributed by atoms with Gasteiger partial charge in [-0.05, 0) is 0 Å². The summed E-state index contributed by atoms with van der Waals surface area (Å²) in [6.45, 7) is 5.80. The summed E-state index contributed by atoms with van der Waals surface area (Å²) >= 11 is 0. The molecule has 1 heterocycles. The highest BCUT2D eigenvalue weighted by Crippen LogP contribution is 2.21. The van der Waals surface area contributed by atoms with Crippen LogP contribution in [-0.4, -0.2) is 5.11 Å². The summed E-state index contributed by atoms with van der Waals surface area (Å²) in [5.41, 5.74) is -0.599. The minimum Gasteiger partial charge on any atom is -0.502 e. The van der Waals surface area contributed by atoms with E-state index in [0.29, 0.717) is 5.76 Å². The second-order valence-electron chi connectivity index (χ2n) is 3.74. The summed E-state index contributed by atoms with van der Waals surface area (Å²) in [6.07, 6.45) is 1.07. The average Bonchev–Trinajstić information content (AvgIpc) is 1.92. The molecular weight excluding hydrogens is 156 g/mol. The van der Waals surface area contributed by atoms with Crippen LogP contribution in [0, 0.1) is 0 Å². The average molecular weight is 168 g/mol. The molecule has 0 aliphatic heterocycles. The Labute approximate surface area is 70.7 Å². The summed E-state index contributed by atoms with van der Waals surface area (Å²) in [5.74, 6) is 0.230. The van der Waals surface area contributed by atoms with Crippen LogP contribution in [0.5, 0.6) is 5.75 Å². The smallest absolute Gasteiger partial charge is 0.226 e. The first-order valence-electron chi connectivity index (χ1n) is 3.73. The Morgan fingerprint density at radius 2 is 2.00 bits per heavy atom. The molecule has 3 nitrogen and oxygen atoms in total. The molecule has 1 aromatic heterocycles. The van der Waals surface area contributed by atoms with E-state index in [4.69, 9.17) is 9.52 Å². The van der Waals surface area contributed by atoms with Gasteiger partial charge in [-0.15, -0.1) is 0 Å². The van der Waals surface area contributed by atoms with Crippen molar-refractivity contribution < 1.29 is 9.52 Å². The summed E-state index contributed by atoms with van der Waals surface area (Å²) in [4.78, 5) is 11.0. The molecule has 0 fully saturated rings. The van der Waals surface area contributed by atoms with Gasteiger partial charge in [0.2, 0.25) is 5.43 Å². The lowest BCUT2D eigenvalue weighted by molar-refractivity contribution is 0.368. The van der Waals surface area contributed by atoms with E-state index >= 15 is 0 Å². The first-order chi connectivity index (χ1) is 5.41. The zero-order valence-corrected chi connectivity index (χ0v) is 7.42. The van der Waals surface area contributed by atoms with Gasteiger partial charge in [-0.2, -0.15) is 0 Å². The minimum atomic E-state index is -0.397. The highest BCUT2D eigenvalue weighted by molar-refractivity contribution is 5.18.